The number of hydrogen-bond acceptors (Lipinski definition) is 3. The van der Waals surface area contributed by atoms with Crippen LogP contribution in [0, 0.1) is 33.6 Å². The first-order valence-corrected chi connectivity index (χ1v) is 13.6. The maximum Gasteiger partial charge on any atom is 0.243 e. The summed E-state index contributed by atoms with van der Waals surface area (Å²) in [6, 6.07) is 12.6. The van der Waals surface area contributed by atoms with Crippen molar-refractivity contribution in [1.29, 1.82) is 0 Å². The summed E-state index contributed by atoms with van der Waals surface area (Å²) >= 11 is 0. The Hall–Kier alpha value is -2.18. The largest absolute Gasteiger partial charge is 0.342 e. The van der Waals surface area contributed by atoms with Crippen molar-refractivity contribution in [1.82, 2.24) is 9.21 Å². The molecule has 33 heavy (non-hydrogen) atoms. The standard InChI is InChI=1S/C27H36N2O3S/c1-19-18-20(2)22(4)26(21(19)3)33(31,32)29-16-12-25(13-17-29)27(30)28-14-10-24(11-15-28)23-8-6-5-7-9-23/h5-9,18,24-25H,10-17H2,1-4H3. The van der Waals surface area contributed by atoms with Crippen LogP contribution in [-0.4, -0.2) is 49.7 Å². The first-order chi connectivity index (χ1) is 15.7. The lowest BCUT2D eigenvalue weighted by Crippen LogP contribution is -2.46. The average Bonchev–Trinajstić information content (AvgIpc) is 2.83. The van der Waals surface area contributed by atoms with Crippen molar-refractivity contribution in [2.45, 2.75) is 64.2 Å². The second kappa shape index (κ2) is 9.59. The maximum absolute atomic E-state index is 13.5. The fourth-order valence-corrected chi connectivity index (χ4v) is 7.50. The summed E-state index contributed by atoms with van der Waals surface area (Å²) in [6.45, 7) is 10.1. The average molecular weight is 469 g/mol. The zero-order chi connectivity index (χ0) is 23.8. The summed E-state index contributed by atoms with van der Waals surface area (Å²) in [6.07, 6.45) is 3.18. The van der Waals surface area contributed by atoms with E-state index in [0.717, 1.165) is 48.2 Å². The molecule has 0 atom stereocenters. The van der Waals surface area contributed by atoms with Gasteiger partial charge in [0.15, 0.2) is 0 Å². The number of amides is 1. The van der Waals surface area contributed by atoms with Crippen molar-refractivity contribution >= 4 is 15.9 Å². The minimum atomic E-state index is -3.57. The van der Waals surface area contributed by atoms with Crippen LogP contribution in [0.4, 0.5) is 0 Å². The summed E-state index contributed by atoms with van der Waals surface area (Å²) in [5.74, 6) is 0.648. The normalized spacial score (nSPS) is 19.1. The summed E-state index contributed by atoms with van der Waals surface area (Å²) in [7, 11) is -3.57. The highest BCUT2D eigenvalue weighted by atomic mass is 32.2. The lowest BCUT2D eigenvalue weighted by molar-refractivity contribution is -0.137. The highest BCUT2D eigenvalue weighted by Crippen LogP contribution is 2.33. The highest BCUT2D eigenvalue weighted by Gasteiger charge is 2.36. The third-order valence-corrected chi connectivity index (χ3v) is 9.95. The van der Waals surface area contributed by atoms with Crippen LogP contribution in [0.5, 0.6) is 0 Å². The molecule has 0 unspecified atom stereocenters. The summed E-state index contributed by atoms with van der Waals surface area (Å²) in [4.78, 5) is 15.6. The van der Waals surface area contributed by atoms with E-state index in [1.165, 1.54) is 5.56 Å². The number of likely N-dealkylation sites (tertiary alicyclic amines) is 1. The van der Waals surface area contributed by atoms with Crippen molar-refractivity contribution in [3.05, 3.63) is 64.2 Å². The fourth-order valence-electron chi connectivity index (χ4n) is 5.46. The molecule has 2 aliphatic heterocycles. The molecular weight excluding hydrogens is 432 g/mol. The van der Waals surface area contributed by atoms with E-state index in [0.29, 0.717) is 36.7 Å². The molecule has 2 saturated heterocycles. The van der Waals surface area contributed by atoms with E-state index < -0.39 is 10.0 Å². The number of piperidine rings is 2. The molecule has 0 aliphatic carbocycles. The molecule has 2 aliphatic rings. The number of aryl methyl sites for hydroxylation is 2. The molecule has 6 heteroatoms. The van der Waals surface area contributed by atoms with Crippen molar-refractivity contribution < 1.29 is 13.2 Å². The molecule has 0 aromatic heterocycles. The van der Waals surface area contributed by atoms with Gasteiger partial charge in [0.2, 0.25) is 15.9 Å². The Bertz CT molecular complexity index is 1090. The summed E-state index contributed by atoms with van der Waals surface area (Å²) < 4.78 is 28.6. The second-order valence-electron chi connectivity index (χ2n) is 9.78. The van der Waals surface area contributed by atoms with E-state index >= 15 is 0 Å². The van der Waals surface area contributed by atoms with E-state index in [1.54, 1.807) is 4.31 Å². The Morgan fingerprint density at radius 3 is 1.91 bits per heavy atom. The molecule has 2 heterocycles. The van der Waals surface area contributed by atoms with Gasteiger partial charge in [-0.3, -0.25) is 4.79 Å². The zero-order valence-corrected chi connectivity index (χ0v) is 21.1. The quantitative estimate of drug-likeness (QED) is 0.652. The number of carbonyl (C=O) groups is 1. The van der Waals surface area contributed by atoms with Gasteiger partial charge < -0.3 is 4.90 Å². The topological polar surface area (TPSA) is 57.7 Å². The molecule has 0 radical (unpaired) electrons. The van der Waals surface area contributed by atoms with Gasteiger partial charge >= 0.3 is 0 Å². The van der Waals surface area contributed by atoms with Crippen LogP contribution in [0.3, 0.4) is 0 Å². The van der Waals surface area contributed by atoms with E-state index in [4.69, 9.17) is 0 Å². The molecule has 2 aromatic rings. The Kier molecular flexibility index (Phi) is 6.96. The van der Waals surface area contributed by atoms with Gasteiger partial charge in [-0.1, -0.05) is 36.4 Å². The number of sulfonamides is 1. The monoisotopic (exact) mass is 468 g/mol. The smallest absolute Gasteiger partial charge is 0.243 e. The first kappa shape index (κ1) is 24.0. The van der Waals surface area contributed by atoms with Gasteiger partial charge in [-0.15, -0.1) is 0 Å². The zero-order valence-electron chi connectivity index (χ0n) is 20.3. The highest BCUT2D eigenvalue weighted by molar-refractivity contribution is 7.89. The van der Waals surface area contributed by atoms with Gasteiger partial charge in [-0.2, -0.15) is 4.31 Å². The molecule has 178 valence electrons. The van der Waals surface area contributed by atoms with Gasteiger partial charge in [0.05, 0.1) is 4.90 Å². The molecule has 0 saturated carbocycles. The molecule has 1 amide bonds. The van der Waals surface area contributed by atoms with Crippen LogP contribution in [0.15, 0.2) is 41.3 Å². The maximum atomic E-state index is 13.5. The SMILES string of the molecule is Cc1cc(C)c(C)c(S(=O)(=O)N2CCC(C(=O)N3CCC(c4ccccc4)CC3)CC2)c1C. The van der Waals surface area contributed by atoms with Crippen LogP contribution in [0.25, 0.3) is 0 Å². The van der Waals surface area contributed by atoms with Crippen LogP contribution >= 0.6 is 0 Å². The summed E-state index contributed by atoms with van der Waals surface area (Å²) in [5.41, 5.74) is 5.02. The fraction of sp³-hybridized carbons (Fsp3) is 0.519. The molecule has 2 fully saturated rings. The van der Waals surface area contributed by atoms with Gasteiger partial charge in [-0.25, -0.2) is 8.42 Å². The number of carbonyl (C=O) groups excluding carboxylic acids is 1. The Labute approximate surface area is 198 Å². The predicted molar refractivity (Wildman–Crippen MR) is 132 cm³/mol. The lowest BCUT2D eigenvalue weighted by atomic mass is 9.88. The number of benzene rings is 2. The van der Waals surface area contributed by atoms with Crippen molar-refractivity contribution in [2.75, 3.05) is 26.2 Å². The van der Waals surface area contributed by atoms with Crippen LogP contribution in [-0.2, 0) is 14.8 Å². The number of nitrogens with zero attached hydrogens (tertiary/aromatic N) is 2. The molecular formula is C27H36N2O3S. The van der Waals surface area contributed by atoms with Gasteiger partial charge in [0.25, 0.3) is 0 Å². The second-order valence-corrected chi connectivity index (χ2v) is 11.7. The third-order valence-electron chi connectivity index (χ3n) is 7.78. The Balaban J connectivity index is 1.38. The molecule has 0 bridgehead atoms. The Morgan fingerprint density at radius 2 is 1.36 bits per heavy atom. The minimum Gasteiger partial charge on any atom is -0.342 e. The van der Waals surface area contributed by atoms with Gasteiger partial charge in [-0.05, 0) is 87.1 Å². The predicted octanol–water partition coefficient (Wildman–Crippen LogP) is 4.73. The van der Waals surface area contributed by atoms with E-state index in [9.17, 15) is 13.2 Å². The van der Waals surface area contributed by atoms with Gasteiger partial charge in [0, 0.05) is 32.1 Å². The minimum absolute atomic E-state index is 0.0776. The van der Waals surface area contributed by atoms with Gasteiger partial charge in [0.1, 0.15) is 0 Å². The third kappa shape index (κ3) is 4.73. The molecule has 5 nitrogen and oxygen atoms in total. The Morgan fingerprint density at radius 1 is 0.818 bits per heavy atom. The molecule has 4 rings (SSSR count). The first-order valence-electron chi connectivity index (χ1n) is 12.1. The van der Waals surface area contributed by atoms with Crippen molar-refractivity contribution in [3.63, 3.8) is 0 Å². The van der Waals surface area contributed by atoms with E-state index in [1.807, 2.05) is 38.7 Å². The number of rotatable bonds is 4. The van der Waals surface area contributed by atoms with Crippen molar-refractivity contribution in [3.8, 4) is 0 Å². The molecule has 2 aromatic carbocycles. The molecule has 0 N–H and O–H groups in total. The van der Waals surface area contributed by atoms with Crippen LogP contribution < -0.4 is 0 Å². The molecule has 0 spiro atoms. The van der Waals surface area contributed by atoms with Crippen LogP contribution in [0.2, 0.25) is 0 Å². The van der Waals surface area contributed by atoms with E-state index in [-0.39, 0.29) is 11.8 Å². The number of hydrogen-bond donors (Lipinski definition) is 0. The van der Waals surface area contributed by atoms with Crippen molar-refractivity contribution in [2.24, 2.45) is 5.92 Å². The lowest BCUT2D eigenvalue weighted by Gasteiger charge is -2.37. The van der Waals surface area contributed by atoms with E-state index in [2.05, 4.69) is 30.3 Å². The summed E-state index contributed by atoms with van der Waals surface area (Å²) in [5, 5.41) is 0. The van der Waals surface area contributed by atoms with Crippen LogP contribution in [0.1, 0.15) is 59.4 Å².